The van der Waals surface area contributed by atoms with Crippen molar-refractivity contribution in [1.82, 2.24) is 5.32 Å². The van der Waals surface area contributed by atoms with Gasteiger partial charge in [-0.1, -0.05) is 18.2 Å². The molecule has 0 radical (unpaired) electrons. The number of fused-ring (bicyclic) bond motifs is 1. The topological polar surface area (TPSA) is 67.9 Å². The van der Waals surface area contributed by atoms with Crippen LogP contribution in [0.2, 0.25) is 0 Å². The number of ether oxygens (including phenoxy) is 2. The number of para-hydroxylation sites is 1. The number of hydrogen-bond donors (Lipinski definition) is 1. The van der Waals surface area contributed by atoms with E-state index in [0.29, 0.717) is 30.3 Å². The highest BCUT2D eigenvalue weighted by Crippen LogP contribution is 2.34. The van der Waals surface area contributed by atoms with E-state index in [1.54, 1.807) is 25.2 Å². The van der Waals surface area contributed by atoms with Gasteiger partial charge < -0.3 is 19.7 Å². The third-order valence-corrected chi connectivity index (χ3v) is 5.36. The van der Waals surface area contributed by atoms with Gasteiger partial charge >= 0.3 is 0 Å². The Bertz CT molecular complexity index is 840. The highest BCUT2D eigenvalue weighted by Gasteiger charge is 2.24. The molecule has 1 aliphatic rings. The van der Waals surface area contributed by atoms with Gasteiger partial charge in [0.25, 0.3) is 0 Å². The third kappa shape index (κ3) is 4.54. The number of amides is 2. The van der Waals surface area contributed by atoms with Crippen molar-refractivity contribution in [3.63, 3.8) is 0 Å². The van der Waals surface area contributed by atoms with Crippen LogP contribution in [-0.2, 0) is 16.1 Å². The lowest BCUT2D eigenvalue weighted by atomic mass is 10.2. The third-order valence-electron chi connectivity index (χ3n) is 4.31. The second kappa shape index (κ2) is 8.81. The fourth-order valence-electron chi connectivity index (χ4n) is 2.89. The SMILES string of the molecule is COc1ccc(CNC(=O)CCN2C(=O)CSc3ccccc32)cc1OC. The van der Waals surface area contributed by atoms with E-state index in [4.69, 9.17) is 9.47 Å². The molecule has 7 heteroatoms. The number of carbonyl (C=O) groups excluding carboxylic acids is 2. The highest BCUT2D eigenvalue weighted by atomic mass is 32.2. The smallest absolute Gasteiger partial charge is 0.237 e. The van der Waals surface area contributed by atoms with Crippen molar-refractivity contribution in [2.45, 2.75) is 17.9 Å². The van der Waals surface area contributed by atoms with Crippen molar-refractivity contribution in [2.24, 2.45) is 0 Å². The van der Waals surface area contributed by atoms with Crippen molar-refractivity contribution in [2.75, 3.05) is 31.4 Å². The predicted molar refractivity (Wildman–Crippen MR) is 106 cm³/mol. The van der Waals surface area contributed by atoms with Gasteiger partial charge in [-0.05, 0) is 29.8 Å². The average molecular weight is 386 g/mol. The number of anilines is 1. The van der Waals surface area contributed by atoms with Gasteiger partial charge in [0.05, 0.1) is 25.7 Å². The molecular formula is C20H22N2O4S. The lowest BCUT2D eigenvalue weighted by molar-refractivity contribution is -0.121. The summed E-state index contributed by atoms with van der Waals surface area (Å²) in [5, 5.41) is 2.89. The first kappa shape index (κ1) is 19.1. The number of rotatable bonds is 7. The van der Waals surface area contributed by atoms with Crippen LogP contribution in [0.3, 0.4) is 0 Å². The number of carbonyl (C=O) groups is 2. The van der Waals surface area contributed by atoms with Crippen molar-refractivity contribution in [3.8, 4) is 11.5 Å². The van der Waals surface area contributed by atoms with Crippen LogP contribution in [0.1, 0.15) is 12.0 Å². The minimum atomic E-state index is -0.103. The van der Waals surface area contributed by atoms with Gasteiger partial charge in [-0.25, -0.2) is 0 Å². The van der Waals surface area contributed by atoms with Gasteiger partial charge in [0.15, 0.2) is 11.5 Å². The van der Waals surface area contributed by atoms with Crippen LogP contribution in [-0.4, -0.2) is 38.3 Å². The monoisotopic (exact) mass is 386 g/mol. The summed E-state index contributed by atoms with van der Waals surface area (Å²) in [5.74, 6) is 1.61. The van der Waals surface area contributed by atoms with Gasteiger partial charge in [-0.15, -0.1) is 11.8 Å². The molecule has 1 N–H and O–H groups in total. The molecule has 2 aromatic rings. The van der Waals surface area contributed by atoms with Gasteiger partial charge in [-0.2, -0.15) is 0 Å². The molecule has 0 aromatic heterocycles. The van der Waals surface area contributed by atoms with E-state index in [0.717, 1.165) is 16.1 Å². The maximum absolute atomic E-state index is 12.2. The summed E-state index contributed by atoms with van der Waals surface area (Å²) in [6.07, 6.45) is 0.248. The quantitative estimate of drug-likeness (QED) is 0.793. The number of hydrogen-bond acceptors (Lipinski definition) is 5. The minimum absolute atomic E-state index is 0.0337. The lowest BCUT2D eigenvalue weighted by Crippen LogP contribution is -2.38. The second-order valence-corrected chi connectivity index (χ2v) is 7.04. The van der Waals surface area contributed by atoms with Gasteiger partial charge in [0, 0.05) is 24.4 Å². The number of nitrogens with one attached hydrogen (secondary N) is 1. The second-order valence-electron chi connectivity index (χ2n) is 6.02. The summed E-state index contributed by atoms with van der Waals surface area (Å²) in [7, 11) is 3.16. The van der Waals surface area contributed by atoms with E-state index in [-0.39, 0.29) is 18.2 Å². The van der Waals surface area contributed by atoms with Gasteiger partial charge in [0.1, 0.15) is 0 Å². The average Bonchev–Trinajstić information content (AvgIpc) is 2.71. The molecule has 1 heterocycles. The zero-order chi connectivity index (χ0) is 19.2. The van der Waals surface area contributed by atoms with Crippen LogP contribution >= 0.6 is 11.8 Å². The van der Waals surface area contributed by atoms with Crippen LogP contribution in [0.4, 0.5) is 5.69 Å². The van der Waals surface area contributed by atoms with Crippen molar-refractivity contribution in [3.05, 3.63) is 48.0 Å². The fourth-order valence-corrected chi connectivity index (χ4v) is 3.83. The molecular weight excluding hydrogens is 364 g/mol. The zero-order valence-electron chi connectivity index (χ0n) is 15.4. The Balaban J connectivity index is 1.55. The highest BCUT2D eigenvalue weighted by molar-refractivity contribution is 8.00. The van der Waals surface area contributed by atoms with Crippen molar-refractivity contribution in [1.29, 1.82) is 0 Å². The molecule has 3 rings (SSSR count). The molecule has 0 aliphatic carbocycles. The molecule has 6 nitrogen and oxygen atoms in total. The number of methoxy groups -OCH3 is 2. The van der Waals surface area contributed by atoms with E-state index >= 15 is 0 Å². The molecule has 2 amide bonds. The largest absolute Gasteiger partial charge is 0.493 e. The normalized spacial score (nSPS) is 13.1. The fraction of sp³-hybridized carbons (Fsp3) is 0.300. The van der Waals surface area contributed by atoms with Crippen LogP contribution in [0.5, 0.6) is 11.5 Å². The molecule has 2 aromatic carbocycles. The van der Waals surface area contributed by atoms with E-state index in [9.17, 15) is 9.59 Å². The van der Waals surface area contributed by atoms with Crippen LogP contribution in [0, 0.1) is 0 Å². The molecule has 0 spiro atoms. The summed E-state index contributed by atoms with van der Waals surface area (Å²) in [5.41, 5.74) is 1.79. The van der Waals surface area contributed by atoms with E-state index < -0.39 is 0 Å². The number of thioether (sulfide) groups is 1. The molecule has 142 valence electrons. The summed E-state index contributed by atoms with van der Waals surface area (Å²) in [4.78, 5) is 27.2. The van der Waals surface area contributed by atoms with E-state index in [1.807, 2.05) is 36.4 Å². The van der Waals surface area contributed by atoms with Crippen LogP contribution < -0.4 is 19.7 Å². The predicted octanol–water partition coefficient (Wildman–Crippen LogP) is 2.85. The van der Waals surface area contributed by atoms with Crippen LogP contribution in [0.25, 0.3) is 0 Å². The Morgan fingerprint density at radius 1 is 1.15 bits per heavy atom. The molecule has 0 fully saturated rings. The van der Waals surface area contributed by atoms with Crippen molar-refractivity contribution >= 4 is 29.3 Å². The van der Waals surface area contributed by atoms with Crippen LogP contribution in [0.15, 0.2) is 47.4 Å². The van der Waals surface area contributed by atoms with Gasteiger partial charge in [0.2, 0.25) is 11.8 Å². The Kier molecular flexibility index (Phi) is 6.24. The van der Waals surface area contributed by atoms with E-state index in [2.05, 4.69) is 5.32 Å². The van der Waals surface area contributed by atoms with E-state index in [1.165, 1.54) is 11.8 Å². The van der Waals surface area contributed by atoms with Gasteiger partial charge in [-0.3, -0.25) is 9.59 Å². The molecule has 0 atom stereocenters. The minimum Gasteiger partial charge on any atom is -0.493 e. The Hall–Kier alpha value is -2.67. The Morgan fingerprint density at radius 2 is 1.93 bits per heavy atom. The molecule has 0 unspecified atom stereocenters. The first-order valence-electron chi connectivity index (χ1n) is 8.62. The first-order valence-corrected chi connectivity index (χ1v) is 9.60. The summed E-state index contributed by atoms with van der Waals surface area (Å²) < 4.78 is 10.5. The Labute approximate surface area is 162 Å². The maximum Gasteiger partial charge on any atom is 0.237 e. The lowest BCUT2D eigenvalue weighted by Gasteiger charge is -2.28. The number of benzene rings is 2. The molecule has 0 saturated heterocycles. The zero-order valence-corrected chi connectivity index (χ0v) is 16.2. The van der Waals surface area contributed by atoms with Crippen molar-refractivity contribution < 1.29 is 19.1 Å². The molecule has 27 heavy (non-hydrogen) atoms. The summed E-state index contributed by atoms with van der Waals surface area (Å²) in [6.45, 7) is 0.758. The Morgan fingerprint density at radius 3 is 2.70 bits per heavy atom. The first-order chi connectivity index (χ1) is 13.1. The standard InChI is InChI=1S/C20H22N2O4S/c1-25-16-8-7-14(11-17(16)26-2)12-21-19(23)9-10-22-15-5-3-4-6-18(15)27-13-20(22)24/h3-8,11H,9-10,12-13H2,1-2H3,(H,21,23). The summed E-state index contributed by atoms with van der Waals surface area (Å²) >= 11 is 1.53. The molecule has 1 aliphatic heterocycles. The number of nitrogens with zero attached hydrogens (tertiary/aromatic N) is 1. The molecule has 0 saturated carbocycles. The summed E-state index contributed by atoms with van der Waals surface area (Å²) in [6, 6.07) is 13.3. The molecule has 0 bridgehead atoms. The maximum atomic E-state index is 12.2.